The van der Waals surface area contributed by atoms with Crippen LogP contribution in [0.2, 0.25) is 0 Å². The Hall–Kier alpha value is -0.860. The van der Waals surface area contributed by atoms with E-state index in [1.54, 1.807) is 0 Å². The maximum atomic E-state index is 11.4. The molecule has 3 heteroatoms. The summed E-state index contributed by atoms with van der Waals surface area (Å²) in [4.78, 5) is 21.4. The molecular formula is C18H33O3. The number of hydrogen-bond donors (Lipinski definition) is 0. The summed E-state index contributed by atoms with van der Waals surface area (Å²) in [7, 11) is 0. The highest BCUT2D eigenvalue weighted by atomic mass is 16.5. The van der Waals surface area contributed by atoms with Crippen molar-refractivity contribution in [1.82, 2.24) is 0 Å². The van der Waals surface area contributed by atoms with Gasteiger partial charge in [-0.1, -0.05) is 64.7 Å². The van der Waals surface area contributed by atoms with E-state index in [-0.39, 0.29) is 5.97 Å². The predicted octanol–water partition coefficient (Wildman–Crippen LogP) is 5.12. The summed E-state index contributed by atoms with van der Waals surface area (Å²) in [5, 5.41) is 0. The molecule has 0 amide bonds. The summed E-state index contributed by atoms with van der Waals surface area (Å²) >= 11 is 0. The third kappa shape index (κ3) is 17.1. The van der Waals surface area contributed by atoms with Crippen molar-refractivity contribution in [3.05, 3.63) is 0 Å². The van der Waals surface area contributed by atoms with Crippen LogP contribution >= 0.6 is 0 Å². The third-order valence-electron chi connectivity index (χ3n) is 3.67. The SMILES string of the molecule is CCCCOC(=O)CCCCCCCCCCCC[C]=O. The van der Waals surface area contributed by atoms with Crippen molar-refractivity contribution in [2.75, 3.05) is 6.61 Å². The lowest BCUT2D eigenvalue weighted by atomic mass is 10.1. The number of rotatable bonds is 16. The first-order valence-electron chi connectivity index (χ1n) is 8.82. The van der Waals surface area contributed by atoms with Gasteiger partial charge in [0.05, 0.1) is 6.61 Å². The van der Waals surface area contributed by atoms with Crippen LogP contribution in [0.3, 0.4) is 0 Å². The van der Waals surface area contributed by atoms with Crippen LogP contribution < -0.4 is 0 Å². The van der Waals surface area contributed by atoms with Crippen molar-refractivity contribution >= 4 is 12.3 Å². The van der Waals surface area contributed by atoms with Gasteiger partial charge in [0.1, 0.15) is 0 Å². The van der Waals surface area contributed by atoms with E-state index in [1.165, 1.54) is 38.5 Å². The molecule has 0 N–H and O–H groups in total. The normalized spacial score (nSPS) is 10.5. The van der Waals surface area contributed by atoms with Crippen molar-refractivity contribution in [1.29, 1.82) is 0 Å². The van der Waals surface area contributed by atoms with Gasteiger partial charge < -0.3 is 4.74 Å². The Labute approximate surface area is 130 Å². The van der Waals surface area contributed by atoms with E-state index < -0.39 is 0 Å². The molecule has 0 aromatic rings. The topological polar surface area (TPSA) is 43.4 Å². The van der Waals surface area contributed by atoms with Crippen LogP contribution in [0.25, 0.3) is 0 Å². The van der Waals surface area contributed by atoms with Gasteiger partial charge >= 0.3 is 5.97 Å². The monoisotopic (exact) mass is 297 g/mol. The van der Waals surface area contributed by atoms with Crippen LogP contribution in [0.1, 0.15) is 96.8 Å². The molecule has 0 atom stereocenters. The summed E-state index contributed by atoms with van der Waals surface area (Å²) < 4.78 is 5.12. The van der Waals surface area contributed by atoms with E-state index in [0.717, 1.165) is 38.5 Å². The average Bonchev–Trinajstić information content (AvgIpc) is 2.48. The molecule has 0 saturated carbocycles. The molecule has 0 aromatic carbocycles. The lowest BCUT2D eigenvalue weighted by molar-refractivity contribution is -0.143. The Kier molecular flexibility index (Phi) is 16.5. The summed E-state index contributed by atoms with van der Waals surface area (Å²) in [6.07, 6.45) is 17.0. The van der Waals surface area contributed by atoms with Gasteiger partial charge in [0.15, 0.2) is 6.29 Å². The summed E-state index contributed by atoms with van der Waals surface area (Å²) in [5.41, 5.74) is 0. The molecule has 0 aromatic heterocycles. The molecular weight excluding hydrogens is 264 g/mol. The number of hydrogen-bond acceptors (Lipinski definition) is 3. The van der Waals surface area contributed by atoms with Crippen molar-refractivity contribution in [3.63, 3.8) is 0 Å². The van der Waals surface area contributed by atoms with E-state index in [4.69, 9.17) is 4.74 Å². The van der Waals surface area contributed by atoms with Crippen molar-refractivity contribution in [2.45, 2.75) is 96.8 Å². The highest BCUT2D eigenvalue weighted by molar-refractivity contribution is 5.69. The molecule has 0 rings (SSSR count). The molecule has 0 aliphatic carbocycles. The standard InChI is InChI=1S/C18H33O3/c1-2-3-17-21-18(20)15-13-11-9-7-5-4-6-8-10-12-14-16-19/h2-15,17H2,1H3. The van der Waals surface area contributed by atoms with Gasteiger partial charge in [-0.05, 0) is 19.3 Å². The van der Waals surface area contributed by atoms with Crippen molar-refractivity contribution in [3.8, 4) is 0 Å². The zero-order valence-corrected chi connectivity index (χ0v) is 13.8. The van der Waals surface area contributed by atoms with E-state index >= 15 is 0 Å². The summed E-state index contributed by atoms with van der Waals surface area (Å²) in [5.74, 6) is -0.0315. The molecule has 21 heavy (non-hydrogen) atoms. The van der Waals surface area contributed by atoms with E-state index in [1.807, 2.05) is 6.29 Å². The molecule has 1 radical (unpaired) electrons. The van der Waals surface area contributed by atoms with E-state index in [0.29, 0.717) is 19.4 Å². The summed E-state index contributed by atoms with van der Waals surface area (Å²) in [6, 6.07) is 0. The van der Waals surface area contributed by atoms with E-state index in [2.05, 4.69) is 6.92 Å². The van der Waals surface area contributed by atoms with Gasteiger partial charge in [0.25, 0.3) is 0 Å². The van der Waals surface area contributed by atoms with Crippen molar-refractivity contribution in [2.24, 2.45) is 0 Å². The zero-order valence-electron chi connectivity index (χ0n) is 13.8. The van der Waals surface area contributed by atoms with E-state index in [9.17, 15) is 9.59 Å². The lowest BCUT2D eigenvalue weighted by Gasteiger charge is -2.04. The first kappa shape index (κ1) is 20.1. The minimum atomic E-state index is -0.0315. The number of carbonyl (C=O) groups is 1. The first-order valence-corrected chi connectivity index (χ1v) is 8.82. The smallest absolute Gasteiger partial charge is 0.305 e. The average molecular weight is 297 g/mol. The highest BCUT2D eigenvalue weighted by Crippen LogP contribution is 2.12. The van der Waals surface area contributed by atoms with Crippen LogP contribution in [0.5, 0.6) is 0 Å². The minimum absolute atomic E-state index is 0.0315. The zero-order chi connectivity index (χ0) is 15.6. The molecule has 0 fully saturated rings. The fraction of sp³-hybridized carbons (Fsp3) is 0.889. The minimum Gasteiger partial charge on any atom is -0.466 e. The van der Waals surface area contributed by atoms with Gasteiger partial charge in [-0.25, -0.2) is 0 Å². The Morgan fingerprint density at radius 2 is 1.33 bits per heavy atom. The Morgan fingerprint density at radius 3 is 1.86 bits per heavy atom. The Morgan fingerprint density at radius 1 is 0.810 bits per heavy atom. The van der Waals surface area contributed by atoms with Crippen LogP contribution in [0.4, 0.5) is 0 Å². The van der Waals surface area contributed by atoms with Crippen LogP contribution in [-0.4, -0.2) is 18.9 Å². The lowest BCUT2D eigenvalue weighted by Crippen LogP contribution is -2.05. The van der Waals surface area contributed by atoms with Gasteiger partial charge in [-0.3, -0.25) is 9.59 Å². The number of esters is 1. The fourth-order valence-electron chi connectivity index (χ4n) is 2.28. The first-order chi connectivity index (χ1) is 10.3. The second kappa shape index (κ2) is 17.2. The number of unbranched alkanes of at least 4 members (excludes halogenated alkanes) is 11. The molecule has 0 aliphatic rings. The van der Waals surface area contributed by atoms with Crippen molar-refractivity contribution < 1.29 is 14.3 Å². The molecule has 0 saturated heterocycles. The molecule has 0 unspecified atom stereocenters. The Balaban J connectivity index is 3.08. The fourth-order valence-corrected chi connectivity index (χ4v) is 2.28. The summed E-state index contributed by atoms with van der Waals surface area (Å²) in [6.45, 7) is 2.68. The molecule has 3 nitrogen and oxygen atoms in total. The van der Waals surface area contributed by atoms with Gasteiger partial charge in [-0.15, -0.1) is 0 Å². The molecule has 123 valence electrons. The van der Waals surface area contributed by atoms with Crippen LogP contribution in [0.15, 0.2) is 0 Å². The second-order valence-corrected chi connectivity index (χ2v) is 5.75. The third-order valence-corrected chi connectivity index (χ3v) is 3.67. The number of ether oxygens (including phenoxy) is 1. The largest absolute Gasteiger partial charge is 0.466 e. The quantitative estimate of drug-likeness (QED) is 0.293. The molecule has 0 bridgehead atoms. The molecule has 0 spiro atoms. The highest BCUT2D eigenvalue weighted by Gasteiger charge is 2.01. The maximum absolute atomic E-state index is 11.4. The molecule has 0 aliphatic heterocycles. The molecule has 0 heterocycles. The van der Waals surface area contributed by atoms with Crippen LogP contribution in [-0.2, 0) is 14.3 Å². The van der Waals surface area contributed by atoms with Gasteiger partial charge in [0, 0.05) is 12.8 Å². The Bertz CT molecular complexity index is 239. The number of carbonyl (C=O) groups excluding carboxylic acids is 2. The van der Waals surface area contributed by atoms with Gasteiger partial charge in [0.2, 0.25) is 0 Å². The van der Waals surface area contributed by atoms with Crippen LogP contribution in [0, 0.1) is 0 Å². The van der Waals surface area contributed by atoms with Gasteiger partial charge in [-0.2, -0.15) is 0 Å². The maximum Gasteiger partial charge on any atom is 0.305 e. The predicted molar refractivity (Wildman–Crippen MR) is 87.0 cm³/mol. The second-order valence-electron chi connectivity index (χ2n) is 5.75.